The minimum atomic E-state index is -0.780. The van der Waals surface area contributed by atoms with Crippen LogP contribution in [-0.4, -0.2) is 45.3 Å². The van der Waals surface area contributed by atoms with Crippen molar-refractivity contribution in [3.8, 4) is 0 Å². The van der Waals surface area contributed by atoms with Crippen molar-refractivity contribution in [3.63, 3.8) is 0 Å². The van der Waals surface area contributed by atoms with E-state index < -0.39 is 35.5 Å². The first-order chi connectivity index (χ1) is 14.3. The number of amides is 3. The number of allylic oxidation sites excluding steroid dienone is 2. The van der Waals surface area contributed by atoms with Crippen LogP contribution in [0.3, 0.4) is 0 Å². The summed E-state index contributed by atoms with van der Waals surface area (Å²) >= 11 is 0. The van der Waals surface area contributed by atoms with E-state index in [1.54, 1.807) is 6.92 Å². The van der Waals surface area contributed by atoms with Gasteiger partial charge < -0.3 is 10.6 Å². The maximum Gasteiger partial charge on any atom is 0.330 e. The number of likely N-dealkylation sites (N-methyl/N-ethyl adjacent to an activating group) is 1. The second kappa shape index (κ2) is 8.68. The van der Waals surface area contributed by atoms with Gasteiger partial charge in [0.2, 0.25) is 17.7 Å². The number of hydrogen-bond acceptors (Lipinski definition) is 6. The molecule has 1 fully saturated rings. The van der Waals surface area contributed by atoms with Gasteiger partial charge in [0.05, 0.1) is 11.8 Å². The Labute approximate surface area is 173 Å². The smallest absolute Gasteiger partial charge is 0.330 e. The molecule has 10 nitrogen and oxygen atoms in total. The normalized spacial score (nSPS) is 20.5. The third-order valence-electron chi connectivity index (χ3n) is 5.73. The summed E-state index contributed by atoms with van der Waals surface area (Å²) in [5.41, 5.74) is 4.53. The van der Waals surface area contributed by atoms with Crippen molar-refractivity contribution in [1.29, 1.82) is 0 Å². The van der Waals surface area contributed by atoms with Crippen LogP contribution in [0.5, 0.6) is 0 Å². The van der Waals surface area contributed by atoms with Gasteiger partial charge in [-0.25, -0.2) is 4.79 Å². The lowest BCUT2D eigenvalue weighted by molar-refractivity contribution is -0.143. The number of imide groups is 1. The molecule has 1 aromatic rings. The zero-order chi connectivity index (χ0) is 22.0. The van der Waals surface area contributed by atoms with E-state index in [0.717, 1.165) is 16.2 Å². The molecule has 162 valence electrons. The van der Waals surface area contributed by atoms with E-state index in [-0.39, 0.29) is 29.9 Å². The monoisotopic (exact) mass is 417 g/mol. The molecule has 1 saturated heterocycles. The summed E-state index contributed by atoms with van der Waals surface area (Å²) in [5.74, 6) is -2.32. The third-order valence-corrected chi connectivity index (χ3v) is 5.73. The fourth-order valence-electron chi connectivity index (χ4n) is 4.08. The Morgan fingerprint density at radius 3 is 2.27 bits per heavy atom. The minimum absolute atomic E-state index is 0.0860. The number of nitrogens with two attached hydrogens (primary N) is 1. The van der Waals surface area contributed by atoms with Crippen molar-refractivity contribution in [2.75, 3.05) is 23.7 Å². The van der Waals surface area contributed by atoms with Crippen LogP contribution in [0.1, 0.15) is 39.5 Å². The first-order valence-corrected chi connectivity index (χ1v) is 10.2. The molecule has 2 aliphatic rings. The van der Waals surface area contributed by atoms with E-state index in [4.69, 9.17) is 5.73 Å². The Morgan fingerprint density at radius 2 is 1.73 bits per heavy atom. The molecule has 0 radical (unpaired) electrons. The molecule has 0 saturated carbocycles. The van der Waals surface area contributed by atoms with E-state index >= 15 is 0 Å². The molecule has 10 heteroatoms. The van der Waals surface area contributed by atoms with Gasteiger partial charge in [-0.3, -0.25) is 33.6 Å². The molecule has 0 spiro atoms. The number of fused-ring (bicyclic) bond motifs is 1. The maximum absolute atomic E-state index is 13.0. The topological polar surface area (TPSA) is 139 Å². The fraction of sp³-hybridized carbons (Fsp3) is 0.550. The molecule has 3 N–H and O–H groups in total. The van der Waals surface area contributed by atoms with E-state index in [1.807, 2.05) is 19.1 Å². The molecule has 1 aliphatic carbocycles. The van der Waals surface area contributed by atoms with Crippen LogP contribution in [0.25, 0.3) is 0 Å². The number of nitrogens with one attached hydrogen (secondary N) is 1. The van der Waals surface area contributed by atoms with Gasteiger partial charge in [-0.05, 0) is 26.2 Å². The van der Waals surface area contributed by atoms with E-state index in [0.29, 0.717) is 25.8 Å². The van der Waals surface area contributed by atoms with Crippen LogP contribution in [0.4, 0.5) is 11.5 Å². The van der Waals surface area contributed by atoms with E-state index in [2.05, 4.69) is 4.98 Å². The van der Waals surface area contributed by atoms with Gasteiger partial charge in [0.1, 0.15) is 12.4 Å². The highest BCUT2D eigenvalue weighted by molar-refractivity contribution is 6.09. The Hall–Kier alpha value is -3.17. The number of aromatic amines is 1. The maximum atomic E-state index is 13.0. The molecule has 2 heterocycles. The highest BCUT2D eigenvalue weighted by Gasteiger charge is 2.48. The average molecular weight is 417 g/mol. The molecular weight excluding hydrogens is 390 g/mol. The molecule has 3 amide bonds. The van der Waals surface area contributed by atoms with Crippen molar-refractivity contribution >= 4 is 29.2 Å². The predicted molar refractivity (Wildman–Crippen MR) is 111 cm³/mol. The molecule has 0 aromatic carbocycles. The summed E-state index contributed by atoms with van der Waals surface area (Å²) in [6.07, 6.45) is 6.18. The second-order valence-electron chi connectivity index (χ2n) is 7.55. The van der Waals surface area contributed by atoms with Crippen LogP contribution < -0.4 is 21.9 Å². The largest absolute Gasteiger partial charge is 0.383 e. The number of aromatic nitrogens is 2. The van der Waals surface area contributed by atoms with E-state index in [9.17, 15) is 24.0 Å². The van der Waals surface area contributed by atoms with Gasteiger partial charge >= 0.3 is 5.69 Å². The summed E-state index contributed by atoms with van der Waals surface area (Å²) in [5, 5.41) is 0. The molecule has 30 heavy (non-hydrogen) atoms. The molecule has 1 aromatic heterocycles. The Kier molecular flexibility index (Phi) is 6.23. The molecular formula is C20H27N5O5. The van der Waals surface area contributed by atoms with Crippen molar-refractivity contribution < 1.29 is 14.4 Å². The molecule has 2 atom stereocenters. The number of unbranched alkanes of at least 4 members (excludes halogenated alkanes) is 1. The summed E-state index contributed by atoms with van der Waals surface area (Å²) < 4.78 is 1.22. The van der Waals surface area contributed by atoms with Crippen LogP contribution >= 0.6 is 0 Å². The number of hydrogen-bond donors (Lipinski definition) is 2. The lowest BCUT2D eigenvalue weighted by Gasteiger charge is -2.25. The lowest BCUT2D eigenvalue weighted by atomic mass is 9.85. The van der Waals surface area contributed by atoms with Crippen LogP contribution in [0.2, 0.25) is 0 Å². The molecule has 0 bridgehead atoms. The number of carbonyl (C=O) groups is 3. The zero-order valence-electron chi connectivity index (χ0n) is 17.2. The number of anilines is 2. The first-order valence-electron chi connectivity index (χ1n) is 10.2. The van der Waals surface area contributed by atoms with Crippen molar-refractivity contribution in [3.05, 3.63) is 33.0 Å². The van der Waals surface area contributed by atoms with E-state index in [1.165, 1.54) is 4.57 Å². The number of nitrogen functional groups attached to an aromatic ring is 1. The number of likely N-dealkylation sites (tertiary alicyclic amines) is 1. The minimum Gasteiger partial charge on any atom is -0.383 e. The second-order valence-corrected chi connectivity index (χ2v) is 7.55. The summed E-state index contributed by atoms with van der Waals surface area (Å²) in [7, 11) is 0. The summed E-state index contributed by atoms with van der Waals surface area (Å²) in [4.78, 5) is 67.2. The highest BCUT2D eigenvalue weighted by Crippen LogP contribution is 2.35. The SMILES string of the molecule is CCCCn1c(N)c(N(CC)C(=O)CN2C(=O)[C@H]3CC=CC[C@H]3C2=O)c(=O)[nH]c1=O. The van der Waals surface area contributed by atoms with Crippen LogP contribution in [0.15, 0.2) is 21.7 Å². The van der Waals surface area contributed by atoms with Crippen molar-refractivity contribution in [1.82, 2.24) is 14.5 Å². The standard InChI is InChI=1S/C20H27N5O5/c1-3-5-10-24-16(21)15(17(27)22-20(24)30)23(4-2)14(26)11-25-18(28)12-8-6-7-9-13(12)19(25)29/h6-7,12-13H,3-5,8-11,21H2,1-2H3,(H,22,27,30)/t12-,13+. The fourth-order valence-corrected chi connectivity index (χ4v) is 4.08. The summed E-state index contributed by atoms with van der Waals surface area (Å²) in [6.45, 7) is 3.52. The predicted octanol–water partition coefficient (Wildman–Crippen LogP) is 0.223. The van der Waals surface area contributed by atoms with Gasteiger partial charge in [-0.15, -0.1) is 0 Å². The summed E-state index contributed by atoms with van der Waals surface area (Å²) in [6, 6.07) is 0. The number of carbonyl (C=O) groups excluding carboxylic acids is 3. The van der Waals surface area contributed by atoms with Gasteiger partial charge in [0, 0.05) is 13.1 Å². The van der Waals surface area contributed by atoms with Crippen molar-refractivity contribution in [2.24, 2.45) is 11.8 Å². The zero-order valence-corrected chi connectivity index (χ0v) is 17.2. The van der Waals surface area contributed by atoms with Gasteiger partial charge in [-0.1, -0.05) is 25.5 Å². The molecule has 0 unspecified atom stereocenters. The Bertz CT molecular complexity index is 982. The number of rotatable bonds is 7. The van der Waals surface area contributed by atoms with Crippen molar-refractivity contribution in [2.45, 2.75) is 46.1 Å². The first kappa shape index (κ1) is 21.5. The number of nitrogens with zero attached hydrogens (tertiary/aromatic N) is 3. The third kappa shape index (κ3) is 3.69. The molecule has 1 aliphatic heterocycles. The average Bonchev–Trinajstić information content (AvgIpc) is 2.96. The van der Waals surface area contributed by atoms with Gasteiger partial charge in [0.25, 0.3) is 5.56 Å². The quantitative estimate of drug-likeness (QED) is 0.481. The number of H-pyrrole nitrogens is 1. The Morgan fingerprint density at radius 1 is 1.13 bits per heavy atom. The lowest BCUT2D eigenvalue weighted by Crippen LogP contribution is -2.46. The van der Waals surface area contributed by atoms with Crippen LogP contribution in [0, 0.1) is 11.8 Å². The Balaban J connectivity index is 1.89. The van der Waals surface area contributed by atoms with Gasteiger partial charge in [-0.2, -0.15) is 0 Å². The molecule has 3 rings (SSSR count). The van der Waals surface area contributed by atoms with Crippen LogP contribution in [-0.2, 0) is 20.9 Å². The van der Waals surface area contributed by atoms with Gasteiger partial charge in [0.15, 0.2) is 5.69 Å². The highest BCUT2D eigenvalue weighted by atomic mass is 16.2.